The lowest BCUT2D eigenvalue weighted by Gasteiger charge is -2.32. The number of piperazine rings is 1. The van der Waals surface area contributed by atoms with Gasteiger partial charge in [-0.25, -0.2) is 0 Å². The number of carbonyl (C=O) groups excluding carboxylic acids is 1. The number of rotatable bonds is 2. The van der Waals surface area contributed by atoms with E-state index in [2.05, 4.69) is 10.2 Å². The average Bonchev–Trinajstić information content (AvgIpc) is 2.04. The van der Waals surface area contributed by atoms with E-state index in [9.17, 15) is 4.79 Å². The number of nitrogens with zero attached hydrogens (tertiary/aromatic N) is 1. The molecular weight excluding hydrogens is 152 g/mol. The van der Waals surface area contributed by atoms with Crippen LogP contribution in [0.15, 0.2) is 0 Å². The molecule has 1 heterocycles. The number of nitrogens with one attached hydrogen (secondary N) is 1. The Bertz CT molecular complexity index is 168. The summed E-state index contributed by atoms with van der Waals surface area (Å²) in [6.07, 6.45) is 0. The molecule has 1 atom stereocenters. The highest BCUT2D eigenvalue weighted by molar-refractivity contribution is 5.86. The molecule has 0 bridgehead atoms. The minimum atomic E-state index is 0.0961. The number of hydrogen-bond acceptors (Lipinski definition) is 3. The summed E-state index contributed by atoms with van der Waals surface area (Å²) >= 11 is 0. The van der Waals surface area contributed by atoms with Gasteiger partial charge in [0, 0.05) is 25.6 Å². The summed E-state index contributed by atoms with van der Waals surface area (Å²) in [7, 11) is 2.02. The molecule has 1 aliphatic heterocycles. The zero-order valence-electron chi connectivity index (χ0n) is 8.13. The third kappa shape index (κ3) is 2.05. The lowest BCUT2D eigenvalue weighted by Crippen LogP contribution is -2.54. The molecule has 0 saturated carbocycles. The highest BCUT2D eigenvalue weighted by Crippen LogP contribution is 2.07. The fourth-order valence-corrected chi connectivity index (χ4v) is 1.51. The molecule has 0 aliphatic carbocycles. The van der Waals surface area contributed by atoms with Gasteiger partial charge < -0.3 is 5.32 Å². The van der Waals surface area contributed by atoms with Crippen molar-refractivity contribution in [1.82, 2.24) is 10.2 Å². The molecule has 0 aromatic carbocycles. The Labute approximate surface area is 74.1 Å². The largest absolute Gasteiger partial charge is 0.313 e. The normalized spacial score (nSPS) is 26.2. The minimum absolute atomic E-state index is 0.0961. The van der Waals surface area contributed by atoms with Gasteiger partial charge in [-0.05, 0) is 7.05 Å². The Kier molecular flexibility index (Phi) is 3.23. The third-order valence-corrected chi connectivity index (χ3v) is 2.41. The van der Waals surface area contributed by atoms with Crippen LogP contribution in [0, 0.1) is 5.92 Å². The van der Waals surface area contributed by atoms with E-state index < -0.39 is 0 Å². The van der Waals surface area contributed by atoms with Gasteiger partial charge >= 0.3 is 0 Å². The molecule has 0 amide bonds. The summed E-state index contributed by atoms with van der Waals surface area (Å²) in [6, 6.07) is 0.0961. The second kappa shape index (κ2) is 4.01. The first-order valence-electron chi connectivity index (χ1n) is 4.57. The molecule has 0 aromatic heterocycles. The molecule has 1 unspecified atom stereocenters. The predicted octanol–water partition coefficient (Wildman–Crippen LogP) is 0.115. The van der Waals surface area contributed by atoms with Crippen LogP contribution in [0.5, 0.6) is 0 Å². The van der Waals surface area contributed by atoms with Crippen molar-refractivity contribution in [2.45, 2.75) is 19.9 Å². The quantitative estimate of drug-likeness (QED) is 0.638. The maximum absolute atomic E-state index is 11.6. The lowest BCUT2D eigenvalue weighted by atomic mass is 9.99. The van der Waals surface area contributed by atoms with E-state index in [1.807, 2.05) is 20.9 Å². The topological polar surface area (TPSA) is 32.3 Å². The molecule has 1 saturated heterocycles. The monoisotopic (exact) mass is 170 g/mol. The van der Waals surface area contributed by atoms with Gasteiger partial charge in [0.05, 0.1) is 6.04 Å². The van der Waals surface area contributed by atoms with E-state index in [1.54, 1.807) is 0 Å². The molecule has 3 heteroatoms. The van der Waals surface area contributed by atoms with Crippen molar-refractivity contribution in [1.29, 1.82) is 0 Å². The van der Waals surface area contributed by atoms with Crippen LogP contribution in [0.2, 0.25) is 0 Å². The average molecular weight is 170 g/mol. The summed E-state index contributed by atoms with van der Waals surface area (Å²) < 4.78 is 0. The van der Waals surface area contributed by atoms with Crippen molar-refractivity contribution in [3.8, 4) is 0 Å². The number of likely N-dealkylation sites (N-methyl/N-ethyl adjacent to an activating group) is 1. The fraction of sp³-hybridized carbons (Fsp3) is 0.889. The Morgan fingerprint density at radius 3 is 2.75 bits per heavy atom. The molecular formula is C9H18N2O. The smallest absolute Gasteiger partial charge is 0.153 e. The zero-order valence-corrected chi connectivity index (χ0v) is 8.13. The SMILES string of the molecule is CC(C)C(=O)C1CNCCN1C. The zero-order chi connectivity index (χ0) is 9.14. The van der Waals surface area contributed by atoms with Gasteiger partial charge in [0.15, 0.2) is 5.78 Å². The van der Waals surface area contributed by atoms with Crippen LogP contribution < -0.4 is 5.32 Å². The Hall–Kier alpha value is -0.410. The highest BCUT2D eigenvalue weighted by atomic mass is 16.1. The molecule has 1 rings (SSSR count). The van der Waals surface area contributed by atoms with Crippen molar-refractivity contribution >= 4 is 5.78 Å². The van der Waals surface area contributed by atoms with Crippen molar-refractivity contribution in [3.63, 3.8) is 0 Å². The lowest BCUT2D eigenvalue weighted by molar-refractivity contribution is -0.127. The van der Waals surface area contributed by atoms with Gasteiger partial charge in [-0.3, -0.25) is 9.69 Å². The van der Waals surface area contributed by atoms with Gasteiger partial charge in [-0.1, -0.05) is 13.8 Å². The summed E-state index contributed by atoms with van der Waals surface area (Å²) in [5, 5.41) is 3.24. The molecule has 0 radical (unpaired) electrons. The fourth-order valence-electron chi connectivity index (χ4n) is 1.51. The van der Waals surface area contributed by atoms with Crippen molar-refractivity contribution in [2.24, 2.45) is 5.92 Å². The Morgan fingerprint density at radius 1 is 1.58 bits per heavy atom. The second-order valence-corrected chi connectivity index (χ2v) is 3.76. The number of ketones is 1. The maximum Gasteiger partial charge on any atom is 0.153 e. The van der Waals surface area contributed by atoms with Gasteiger partial charge in [-0.2, -0.15) is 0 Å². The van der Waals surface area contributed by atoms with Crippen LogP contribution in [-0.4, -0.2) is 43.4 Å². The number of hydrogen-bond donors (Lipinski definition) is 1. The molecule has 0 aromatic rings. The van der Waals surface area contributed by atoms with E-state index in [0.717, 1.165) is 19.6 Å². The van der Waals surface area contributed by atoms with Crippen LogP contribution in [-0.2, 0) is 4.79 Å². The van der Waals surface area contributed by atoms with Crippen LogP contribution in [0.1, 0.15) is 13.8 Å². The molecule has 3 nitrogen and oxygen atoms in total. The summed E-state index contributed by atoms with van der Waals surface area (Å²) in [4.78, 5) is 13.8. The standard InChI is InChI=1S/C9H18N2O/c1-7(2)9(12)8-6-10-4-5-11(8)3/h7-8,10H,4-6H2,1-3H3. The number of carbonyl (C=O) groups is 1. The van der Waals surface area contributed by atoms with E-state index >= 15 is 0 Å². The summed E-state index contributed by atoms with van der Waals surface area (Å²) in [6.45, 7) is 6.71. The second-order valence-electron chi connectivity index (χ2n) is 3.76. The van der Waals surface area contributed by atoms with Gasteiger partial charge in [-0.15, -0.1) is 0 Å². The predicted molar refractivity (Wildman–Crippen MR) is 49.1 cm³/mol. The molecule has 0 spiro atoms. The first kappa shape index (κ1) is 9.68. The third-order valence-electron chi connectivity index (χ3n) is 2.41. The first-order valence-corrected chi connectivity index (χ1v) is 4.57. The van der Waals surface area contributed by atoms with Crippen molar-refractivity contribution in [3.05, 3.63) is 0 Å². The molecule has 1 aliphatic rings. The first-order chi connectivity index (χ1) is 5.63. The molecule has 70 valence electrons. The summed E-state index contributed by atoms with van der Waals surface area (Å²) in [5.41, 5.74) is 0. The number of Topliss-reactive ketones (excluding diaryl/α,β-unsaturated/α-hetero) is 1. The minimum Gasteiger partial charge on any atom is -0.313 e. The van der Waals surface area contributed by atoms with Crippen LogP contribution >= 0.6 is 0 Å². The van der Waals surface area contributed by atoms with E-state index in [0.29, 0.717) is 5.78 Å². The van der Waals surface area contributed by atoms with E-state index in [-0.39, 0.29) is 12.0 Å². The Morgan fingerprint density at radius 2 is 2.25 bits per heavy atom. The van der Waals surface area contributed by atoms with Crippen LogP contribution in [0.3, 0.4) is 0 Å². The van der Waals surface area contributed by atoms with Gasteiger partial charge in [0.25, 0.3) is 0 Å². The molecule has 1 N–H and O–H groups in total. The summed E-state index contributed by atoms with van der Waals surface area (Å²) in [5.74, 6) is 0.502. The molecule has 12 heavy (non-hydrogen) atoms. The van der Waals surface area contributed by atoms with E-state index in [4.69, 9.17) is 0 Å². The van der Waals surface area contributed by atoms with Crippen molar-refractivity contribution in [2.75, 3.05) is 26.7 Å². The highest BCUT2D eigenvalue weighted by Gasteiger charge is 2.26. The maximum atomic E-state index is 11.6. The van der Waals surface area contributed by atoms with E-state index in [1.165, 1.54) is 0 Å². The Balaban J connectivity index is 2.53. The molecule has 1 fully saturated rings. The van der Waals surface area contributed by atoms with Crippen LogP contribution in [0.25, 0.3) is 0 Å². The van der Waals surface area contributed by atoms with Crippen LogP contribution in [0.4, 0.5) is 0 Å². The van der Waals surface area contributed by atoms with Crippen molar-refractivity contribution < 1.29 is 4.79 Å². The van der Waals surface area contributed by atoms with Gasteiger partial charge in [0.1, 0.15) is 0 Å². The van der Waals surface area contributed by atoms with Gasteiger partial charge in [0.2, 0.25) is 0 Å².